The van der Waals surface area contributed by atoms with Gasteiger partial charge in [-0.1, -0.05) is 13.5 Å². The monoisotopic (exact) mass is 260 g/mol. The summed E-state index contributed by atoms with van der Waals surface area (Å²) in [5.41, 5.74) is 0. The maximum atomic E-state index is 10.8. The van der Waals surface area contributed by atoms with Crippen molar-refractivity contribution in [2.45, 2.75) is 38.4 Å². The third-order valence-corrected chi connectivity index (χ3v) is 2.33. The molecule has 0 aromatic carbocycles. The molecule has 0 saturated carbocycles. The van der Waals surface area contributed by atoms with E-state index >= 15 is 0 Å². The Bertz CT molecular complexity index is 292. The van der Waals surface area contributed by atoms with Crippen molar-refractivity contribution in [2.24, 2.45) is 0 Å². The molecule has 1 N–H and O–H groups in total. The second-order valence-electron chi connectivity index (χ2n) is 4.14. The van der Waals surface area contributed by atoms with Crippen LogP contribution in [0.5, 0.6) is 0 Å². The van der Waals surface area contributed by atoms with Crippen molar-refractivity contribution >= 4 is 5.97 Å². The molecule has 0 bridgehead atoms. The smallest absolute Gasteiger partial charge is 0.330 e. The van der Waals surface area contributed by atoms with E-state index in [0.29, 0.717) is 6.61 Å². The van der Waals surface area contributed by atoms with Crippen LogP contribution in [0.4, 0.5) is 0 Å². The van der Waals surface area contributed by atoms with Gasteiger partial charge in [0.25, 0.3) is 0 Å². The summed E-state index contributed by atoms with van der Waals surface area (Å²) in [4.78, 5) is 10.8. The first-order valence-corrected chi connectivity index (χ1v) is 5.92. The number of hydrogen-bond acceptors (Lipinski definition) is 6. The lowest BCUT2D eigenvalue weighted by Gasteiger charge is -2.13. The van der Waals surface area contributed by atoms with Crippen molar-refractivity contribution in [2.75, 3.05) is 19.8 Å². The normalized spacial score (nSPS) is 27.6. The summed E-state index contributed by atoms with van der Waals surface area (Å²) in [6.07, 6.45) is 0.644. The first kappa shape index (κ1) is 15.1. The molecule has 1 aliphatic rings. The van der Waals surface area contributed by atoms with Crippen LogP contribution in [0.3, 0.4) is 0 Å². The zero-order valence-corrected chi connectivity index (χ0v) is 10.8. The van der Waals surface area contributed by atoms with E-state index in [4.69, 9.17) is 14.2 Å². The van der Waals surface area contributed by atoms with E-state index < -0.39 is 17.9 Å². The van der Waals surface area contributed by atoms with Crippen LogP contribution in [0.25, 0.3) is 0 Å². The third kappa shape index (κ3) is 4.73. The Labute approximate surface area is 106 Å². The van der Waals surface area contributed by atoms with Crippen LogP contribution < -0.4 is 0 Å². The first-order chi connectivity index (χ1) is 8.51. The Morgan fingerprint density at radius 2 is 2.33 bits per heavy atom. The average molecular weight is 260 g/mol. The summed E-state index contributed by atoms with van der Waals surface area (Å²) < 4.78 is 20.6. The number of carbonyl (C=O) groups excluding carboxylic acids is 1. The number of epoxide rings is 1. The molecule has 3 atom stereocenters. The summed E-state index contributed by atoms with van der Waals surface area (Å²) in [5.74, 6) is -1.38. The topological polar surface area (TPSA) is 77.5 Å². The molecule has 3 unspecified atom stereocenters. The minimum Gasteiger partial charge on any atom is -0.460 e. The van der Waals surface area contributed by atoms with E-state index in [1.165, 1.54) is 0 Å². The largest absolute Gasteiger partial charge is 0.460 e. The van der Waals surface area contributed by atoms with Gasteiger partial charge in [-0.15, -0.1) is 0 Å². The Morgan fingerprint density at radius 1 is 1.61 bits per heavy atom. The maximum absolute atomic E-state index is 10.8. The average Bonchev–Trinajstić information content (AvgIpc) is 3.02. The standard InChI is InChI=1S/C12H20O6/c1-4-6-15-11-12(3,18-11)17-8-9(13)7-16-10(14)5-2/h5,9,11,13H,2,4,6-8H2,1,3H3. The fourth-order valence-electron chi connectivity index (χ4n) is 1.24. The van der Waals surface area contributed by atoms with Crippen LogP contribution >= 0.6 is 0 Å². The molecule has 0 spiro atoms. The van der Waals surface area contributed by atoms with Crippen molar-refractivity contribution in [3.8, 4) is 0 Å². The minimum absolute atomic E-state index is 0.00685. The van der Waals surface area contributed by atoms with Crippen molar-refractivity contribution in [1.82, 2.24) is 0 Å². The third-order valence-electron chi connectivity index (χ3n) is 2.33. The molecule has 0 aliphatic carbocycles. The van der Waals surface area contributed by atoms with Gasteiger partial charge < -0.3 is 24.1 Å². The summed E-state index contributed by atoms with van der Waals surface area (Å²) in [7, 11) is 0. The van der Waals surface area contributed by atoms with Gasteiger partial charge in [0, 0.05) is 12.7 Å². The van der Waals surface area contributed by atoms with Gasteiger partial charge in [0.1, 0.15) is 12.7 Å². The summed E-state index contributed by atoms with van der Waals surface area (Å²) in [6.45, 7) is 7.45. The molecule has 1 fully saturated rings. The lowest BCUT2D eigenvalue weighted by Crippen LogP contribution is -2.28. The van der Waals surface area contributed by atoms with Crippen molar-refractivity contribution in [3.63, 3.8) is 0 Å². The predicted molar refractivity (Wildman–Crippen MR) is 62.6 cm³/mol. The lowest BCUT2D eigenvalue weighted by molar-refractivity contribution is -0.143. The number of aliphatic hydroxyl groups excluding tert-OH is 1. The quantitative estimate of drug-likeness (QED) is 0.371. The van der Waals surface area contributed by atoms with Crippen LogP contribution in [-0.4, -0.2) is 49.1 Å². The fraction of sp³-hybridized carbons (Fsp3) is 0.750. The first-order valence-electron chi connectivity index (χ1n) is 5.92. The Kier molecular flexibility index (Phi) is 5.74. The zero-order chi connectivity index (χ0) is 13.6. The van der Waals surface area contributed by atoms with E-state index in [9.17, 15) is 9.90 Å². The van der Waals surface area contributed by atoms with Gasteiger partial charge >= 0.3 is 5.97 Å². The number of aliphatic hydroxyl groups is 1. The number of rotatable bonds is 9. The van der Waals surface area contributed by atoms with Gasteiger partial charge in [0.2, 0.25) is 12.1 Å². The van der Waals surface area contributed by atoms with E-state index in [2.05, 4.69) is 11.3 Å². The highest BCUT2D eigenvalue weighted by Gasteiger charge is 2.55. The summed E-state index contributed by atoms with van der Waals surface area (Å²) >= 11 is 0. The molecular formula is C12H20O6. The molecule has 1 rings (SSSR count). The van der Waals surface area contributed by atoms with Gasteiger partial charge in [-0.25, -0.2) is 4.79 Å². The lowest BCUT2D eigenvalue weighted by atomic mass is 10.4. The van der Waals surface area contributed by atoms with Crippen molar-refractivity contribution in [1.29, 1.82) is 0 Å². The van der Waals surface area contributed by atoms with Crippen molar-refractivity contribution in [3.05, 3.63) is 12.7 Å². The van der Waals surface area contributed by atoms with Crippen molar-refractivity contribution < 1.29 is 28.8 Å². The van der Waals surface area contributed by atoms with E-state index in [1.54, 1.807) is 6.92 Å². The fourth-order valence-corrected chi connectivity index (χ4v) is 1.24. The molecule has 1 saturated heterocycles. The highest BCUT2D eigenvalue weighted by atomic mass is 16.9. The number of carbonyl (C=O) groups is 1. The molecule has 6 nitrogen and oxygen atoms in total. The number of hydrogen-bond donors (Lipinski definition) is 1. The zero-order valence-electron chi connectivity index (χ0n) is 10.8. The molecule has 1 aliphatic heterocycles. The Morgan fingerprint density at radius 3 is 2.94 bits per heavy atom. The molecule has 0 aromatic heterocycles. The van der Waals surface area contributed by atoms with Gasteiger partial charge in [-0.3, -0.25) is 0 Å². The molecule has 104 valence electrons. The van der Waals surface area contributed by atoms with Crippen LogP contribution in [0.1, 0.15) is 20.3 Å². The summed E-state index contributed by atoms with van der Waals surface area (Å²) in [6, 6.07) is 0. The van der Waals surface area contributed by atoms with Gasteiger partial charge in [0.15, 0.2) is 0 Å². The van der Waals surface area contributed by atoms with Crippen LogP contribution in [-0.2, 0) is 23.7 Å². The van der Waals surface area contributed by atoms with E-state index in [1.807, 2.05) is 6.92 Å². The Balaban J connectivity index is 2.13. The molecule has 0 aromatic rings. The highest BCUT2D eigenvalue weighted by Crippen LogP contribution is 2.38. The van der Waals surface area contributed by atoms with Gasteiger partial charge in [-0.2, -0.15) is 0 Å². The molecule has 0 amide bonds. The molecular weight excluding hydrogens is 240 g/mol. The van der Waals surface area contributed by atoms with Crippen LogP contribution in [0, 0.1) is 0 Å². The second kappa shape index (κ2) is 6.84. The SMILES string of the molecule is C=CC(=O)OCC(O)COC1(C)OC1OCCC. The Hall–Kier alpha value is -0.950. The minimum atomic E-state index is -0.901. The molecule has 1 heterocycles. The van der Waals surface area contributed by atoms with Crippen LogP contribution in [0.15, 0.2) is 12.7 Å². The molecule has 6 heteroatoms. The molecule has 18 heavy (non-hydrogen) atoms. The maximum Gasteiger partial charge on any atom is 0.330 e. The second-order valence-corrected chi connectivity index (χ2v) is 4.14. The van der Waals surface area contributed by atoms with E-state index in [-0.39, 0.29) is 19.5 Å². The predicted octanol–water partition coefficient (Wildman–Crippen LogP) is 0.592. The number of ether oxygens (including phenoxy) is 4. The van der Waals surface area contributed by atoms with Gasteiger partial charge in [0.05, 0.1) is 6.61 Å². The van der Waals surface area contributed by atoms with E-state index in [0.717, 1.165) is 12.5 Å². The number of esters is 1. The summed E-state index contributed by atoms with van der Waals surface area (Å²) in [5, 5.41) is 9.51. The highest BCUT2D eigenvalue weighted by molar-refractivity contribution is 5.81. The molecule has 0 radical (unpaired) electrons. The van der Waals surface area contributed by atoms with Gasteiger partial charge in [-0.05, 0) is 13.3 Å². The van der Waals surface area contributed by atoms with Crippen LogP contribution in [0.2, 0.25) is 0 Å².